The van der Waals surface area contributed by atoms with Gasteiger partial charge in [-0.1, -0.05) is 24.3 Å². The molecule has 0 radical (unpaired) electrons. The van der Waals surface area contributed by atoms with Crippen molar-refractivity contribution in [3.63, 3.8) is 0 Å². The van der Waals surface area contributed by atoms with E-state index >= 15 is 0 Å². The Labute approximate surface area is 172 Å². The number of fused-ring (bicyclic) bond motifs is 1. The van der Waals surface area contributed by atoms with Crippen molar-refractivity contribution in [2.24, 2.45) is 0 Å². The van der Waals surface area contributed by atoms with Gasteiger partial charge in [0.1, 0.15) is 24.0 Å². The molecule has 0 aliphatic heterocycles. The van der Waals surface area contributed by atoms with E-state index in [4.69, 9.17) is 4.74 Å². The number of carbonyl (C=O) groups excluding carboxylic acids is 1. The lowest BCUT2D eigenvalue weighted by atomic mass is 10.1. The average Bonchev–Trinajstić information content (AvgIpc) is 2.77. The molecule has 150 valence electrons. The lowest BCUT2D eigenvalue weighted by molar-refractivity contribution is 0.0951. The van der Waals surface area contributed by atoms with Crippen LogP contribution in [-0.2, 0) is 13.2 Å². The molecule has 0 bridgehead atoms. The lowest BCUT2D eigenvalue weighted by Gasteiger charge is -2.10. The number of carbonyl (C=O) groups is 1. The zero-order valence-corrected chi connectivity index (χ0v) is 15.9. The number of benzene rings is 3. The van der Waals surface area contributed by atoms with Crippen molar-refractivity contribution in [2.45, 2.75) is 13.2 Å². The number of hydrogen-bond acceptors (Lipinski definition) is 3. The SMILES string of the molecule is O=C(NCc1ccc(OCc2c(F)cccc2F)cc1)c1ccc2ncccc2c1. The number of halogens is 2. The van der Waals surface area contributed by atoms with Crippen molar-refractivity contribution >= 4 is 16.8 Å². The summed E-state index contributed by atoms with van der Waals surface area (Å²) in [5.41, 5.74) is 2.15. The summed E-state index contributed by atoms with van der Waals surface area (Å²) in [4.78, 5) is 16.7. The van der Waals surface area contributed by atoms with E-state index in [1.165, 1.54) is 18.2 Å². The van der Waals surface area contributed by atoms with E-state index in [0.29, 0.717) is 17.9 Å². The Hall–Kier alpha value is -3.80. The topological polar surface area (TPSA) is 51.2 Å². The standard InChI is InChI=1S/C24H18F2N2O2/c25-21-4-1-5-22(26)20(21)15-30-19-9-6-16(7-10-19)14-28-24(29)18-8-11-23-17(13-18)3-2-12-27-23/h1-13H,14-15H2,(H,28,29). The van der Waals surface area contributed by atoms with Gasteiger partial charge < -0.3 is 10.1 Å². The molecule has 0 spiro atoms. The largest absolute Gasteiger partial charge is 0.489 e. The molecule has 0 atom stereocenters. The number of pyridine rings is 1. The van der Waals surface area contributed by atoms with E-state index in [2.05, 4.69) is 10.3 Å². The van der Waals surface area contributed by atoms with Crippen LogP contribution in [0, 0.1) is 11.6 Å². The summed E-state index contributed by atoms with van der Waals surface area (Å²) in [6.07, 6.45) is 1.71. The molecule has 0 saturated carbocycles. The summed E-state index contributed by atoms with van der Waals surface area (Å²) in [5.74, 6) is -0.983. The van der Waals surface area contributed by atoms with Gasteiger partial charge in [0.05, 0.1) is 11.1 Å². The molecule has 0 unspecified atom stereocenters. The number of nitrogens with zero attached hydrogens (tertiary/aromatic N) is 1. The Balaban J connectivity index is 1.34. The van der Waals surface area contributed by atoms with E-state index in [9.17, 15) is 13.6 Å². The van der Waals surface area contributed by atoms with Crippen LogP contribution in [0.25, 0.3) is 10.9 Å². The van der Waals surface area contributed by atoms with Gasteiger partial charge in [-0.05, 0) is 54.1 Å². The second-order valence-corrected chi connectivity index (χ2v) is 6.73. The van der Waals surface area contributed by atoms with Gasteiger partial charge in [0.2, 0.25) is 0 Å². The molecule has 1 amide bonds. The minimum Gasteiger partial charge on any atom is -0.489 e. The monoisotopic (exact) mass is 404 g/mol. The predicted molar refractivity (Wildman–Crippen MR) is 110 cm³/mol. The highest BCUT2D eigenvalue weighted by atomic mass is 19.1. The molecule has 0 fully saturated rings. The highest BCUT2D eigenvalue weighted by molar-refractivity contribution is 5.97. The van der Waals surface area contributed by atoms with Crippen molar-refractivity contribution < 1.29 is 18.3 Å². The summed E-state index contributed by atoms with van der Waals surface area (Å²) in [7, 11) is 0. The molecule has 1 N–H and O–H groups in total. The molecule has 3 aromatic carbocycles. The van der Waals surface area contributed by atoms with Gasteiger partial charge in [0.15, 0.2) is 0 Å². The van der Waals surface area contributed by atoms with Crippen LogP contribution in [0.1, 0.15) is 21.5 Å². The second-order valence-electron chi connectivity index (χ2n) is 6.73. The summed E-state index contributed by atoms with van der Waals surface area (Å²) >= 11 is 0. The highest BCUT2D eigenvalue weighted by Gasteiger charge is 2.10. The molecule has 30 heavy (non-hydrogen) atoms. The zero-order chi connectivity index (χ0) is 20.9. The normalized spacial score (nSPS) is 10.7. The Morgan fingerprint density at radius 2 is 1.70 bits per heavy atom. The van der Waals surface area contributed by atoms with Gasteiger partial charge in [-0.15, -0.1) is 0 Å². The quantitative estimate of drug-likeness (QED) is 0.491. The Morgan fingerprint density at radius 1 is 0.933 bits per heavy atom. The average molecular weight is 404 g/mol. The predicted octanol–water partition coefficient (Wildman–Crippen LogP) is 5.02. The fraction of sp³-hybridized carbons (Fsp3) is 0.0833. The van der Waals surface area contributed by atoms with Crippen molar-refractivity contribution in [3.8, 4) is 5.75 Å². The van der Waals surface area contributed by atoms with Gasteiger partial charge in [0, 0.05) is 23.7 Å². The van der Waals surface area contributed by atoms with Gasteiger partial charge in [0.25, 0.3) is 5.91 Å². The maximum atomic E-state index is 13.7. The van der Waals surface area contributed by atoms with Crippen LogP contribution in [0.15, 0.2) is 79.0 Å². The minimum absolute atomic E-state index is 0.112. The summed E-state index contributed by atoms with van der Waals surface area (Å²) in [5, 5.41) is 3.77. The van der Waals surface area contributed by atoms with Crippen LogP contribution >= 0.6 is 0 Å². The first-order chi connectivity index (χ1) is 14.6. The number of rotatable bonds is 6. The molecule has 0 aliphatic carbocycles. The van der Waals surface area contributed by atoms with Crippen LogP contribution in [0.2, 0.25) is 0 Å². The maximum Gasteiger partial charge on any atom is 0.251 e. The maximum absolute atomic E-state index is 13.7. The number of nitrogens with one attached hydrogen (secondary N) is 1. The molecule has 4 rings (SSSR count). The van der Waals surface area contributed by atoms with E-state index in [1.807, 2.05) is 18.2 Å². The molecule has 0 saturated heterocycles. The number of ether oxygens (including phenoxy) is 1. The zero-order valence-electron chi connectivity index (χ0n) is 15.9. The number of amides is 1. The molecule has 0 aliphatic rings. The van der Waals surface area contributed by atoms with E-state index in [1.54, 1.807) is 42.6 Å². The molecule has 1 aromatic heterocycles. The smallest absolute Gasteiger partial charge is 0.251 e. The molecular formula is C24H18F2N2O2. The highest BCUT2D eigenvalue weighted by Crippen LogP contribution is 2.18. The third kappa shape index (κ3) is 4.43. The van der Waals surface area contributed by atoms with E-state index in [-0.39, 0.29) is 18.1 Å². The molecule has 4 aromatic rings. The first-order valence-corrected chi connectivity index (χ1v) is 9.38. The van der Waals surface area contributed by atoms with Gasteiger partial charge in [-0.2, -0.15) is 0 Å². The second kappa shape index (κ2) is 8.69. The van der Waals surface area contributed by atoms with Crippen LogP contribution in [0.4, 0.5) is 8.78 Å². The molecule has 1 heterocycles. The molecular weight excluding hydrogens is 386 g/mol. The third-order valence-corrected chi connectivity index (χ3v) is 4.69. The van der Waals surface area contributed by atoms with E-state index in [0.717, 1.165) is 16.5 Å². The first-order valence-electron chi connectivity index (χ1n) is 9.38. The van der Waals surface area contributed by atoms with Gasteiger partial charge >= 0.3 is 0 Å². The number of aromatic nitrogens is 1. The van der Waals surface area contributed by atoms with Crippen LogP contribution in [0.5, 0.6) is 5.75 Å². The van der Waals surface area contributed by atoms with Crippen LogP contribution in [0.3, 0.4) is 0 Å². The lowest BCUT2D eigenvalue weighted by Crippen LogP contribution is -2.22. The Morgan fingerprint density at radius 3 is 2.47 bits per heavy atom. The molecule has 6 heteroatoms. The minimum atomic E-state index is -0.640. The van der Waals surface area contributed by atoms with Gasteiger partial charge in [-0.25, -0.2) is 8.78 Å². The molecule has 4 nitrogen and oxygen atoms in total. The van der Waals surface area contributed by atoms with E-state index < -0.39 is 11.6 Å². The fourth-order valence-electron chi connectivity index (χ4n) is 3.03. The third-order valence-electron chi connectivity index (χ3n) is 4.69. The van der Waals surface area contributed by atoms with Crippen molar-refractivity contribution in [1.29, 1.82) is 0 Å². The summed E-state index contributed by atoms with van der Waals surface area (Å²) in [6.45, 7) is 0.136. The van der Waals surface area contributed by atoms with Crippen molar-refractivity contribution in [1.82, 2.24) is 10.3 Å². The number of hydrogen-bond donors (Lipinski definition) is 1. The van der Waals surface area contributed by atoms with Crippen molar-refractivity contribution in [2.75, 3.05) is 0 Å². The van der Waals surface area contributed by atoms with Crippen molar-refractivity contribution in [3.05, 3.63) is 107 Å². The van der Waals surface area contributed by atoms with Gasteiger partial charge in [-0.3, -0.25) is 9.78 Å². The van der Waals surface area contributed by atoms with Crippen LogP contribution < -0.4 is 10.1 Å². The first kappa shape index (κ1) is 19.5. The summed E-state index contributed by atoms with van der Waals surface area (Å²) in [6, 6.07) is 19.8. The Bertz CT molecular complexity index is 1170. The van der Waals surface area contributed by atoms with Crippen LogP contribution in [-0.4, -0.2) is 10.9 Å². The fourth-order valence-corrected chi connectivity index (χ4v) is 3.03. The Kier molecular flexibility index (Phi) is 5.66. The summed E-state index contributed by atoms with van der Waals surface area (Å²) < 4.78 is 32.8.